The van der Waals surface area contributed by atoms with E-state index in [0.717, 1.165) is 19.4 Å². The number of benzene rings is 1. The fourth-order valence-electron chi connectivity index (χ4n) is 2.10. The summed E-state index contributed by atoms with van der Waals surface area (Å²) in [7, 11) is 0. The summed E-state index contributed by atoms with van der Waals surface area (Å²) in [5, 5.41) is 13.4. The van der Waals surface area contributed by atoms with E-state index in [0.29, 0.717) is 18.5 Å². The topological polar surface area (TPSA) is 32.3 Å². The van der Waals surface area contributed by atoms with E-state index in [1.165, 1.54) is 6.07 Å². The molecule has 0 amide bonds. The average Bonchev–Trinajstić information content (AvgIpc) is 2.22. The number of halogens is 1. The lowest BCUT2D eigenvalue weighted by Crippen LogP contribution is -2.47. The van der Waals surface area contributed by atoms with E-state index in [-0.39, 0.29) is 5.82 Å². The maximum absolute atomic E-state index is 13.4. The van der Waals surface area contributed by atoms with Crippen molar-refractivity contribution in [2.24, 2.45) is 0 Å². The van der Waals surface area contributed by atoms with E-state index in [4.69, 9.17) is 0 Å². The Morgan fingerprint density at radius 2 is 2.20 bits per heavy atom. The Bertz CT molecular complexity index is 334. The Hall–Kier alpha value is -0.930. The molecule has 2 nitrogen and oxygen atoms in total. The lowest BCUT2D eigenvalue weighted by Gasteiger charge is -2.32. The first-order valence-corrected chi connectivity index (χ1v) is 5.36. The first-order valence-electron chi connectivity index (χ1n) is 5.36. The zero-order chi connectivity index (χ0) is 10.7. The average molecular weight is 209 g/mol. The molecule has 1 saturated heterocycles. The van der Waals surface area contributed by atoms with Crippen molar-refractivity contribution in [3.05, 3.63) is 35.6 Å². The smallest absolute Gasteiger partial charge is 0.126 e. The normalized spacial score (nSPS) is 26.5. The quantitative estimate of drug-likeness (QED) is 0.773. The Labute approximate surface area is 89.1 Å². The third-order valence-corrected chi connectivity index (χ3v) is 2.93. The van der Waals surface area contributed by atoms with Gasteiger partial charge in [0.05, 0.1) is 5.60 Å². The third kappa shape index (κ3) is 2.55. The number of β-amino-alcohol motifs (C(OH)–C–C–N with tert-alkyl or cyclic N) is 1. The van der Waals surface area contributed by atoms with Crippen molar-refractivity contribution in [1.29, 1.82) is 0 Å². The van der Waals surface area contributed by atoms with Gasteiger partial charge >= 0.3 is 0 Å². The van der Waals surface area contributed by atoms with Gasteiger partial charge in [0.1, 0.15) is 5.82 Å². The van der Waals surface area contributed by atoms with Gasteiger partial charge in [-0.3, -0.25) is 0 Å². The molecule has 1 aromatic carbocycles. The Morgan fingerprint density at radius 3 is 2.87 bits per heavy atom. The highest BCUT2D eigenvalue weighted by Gasteiger charge is 2.29. The summed E-state index contributed by atoms with van der Waals surface area (Å²) in [4.78, 5) is 0. The van der Waals surface area contributed by atoms with Crippen LogP contribution in [-0.4, -0.2) is 23.8 Å². The molecule has 0 spiro atoms. The molecule has 0 bridgehead atoms. The Morgan fingerprint density at radius 1 is 1.40 bits per heavy atom. The Kier molecular flexibility index (Phi) is 3.03. The summed E-state index contributed by atoms with van der Waals surface area (Å²) in [6.45, 7) is 1.50. The highest BCUT2D eigenvalue weighted by atomic mass is 19.1. The minimum Gasteiger partial charge on any atom is -0.388 e. The minimum atomic E-state index is -0.777. The molecule has 3 heteroatoms. The molecule has 0 saturated carbocycles. The summed E-state index contributed by atoms with van der Waals surface area (Å²) in [6.07, 6.45) is 2.09. The van der Waals surface area contributed by atoms with Crippen LogP contribution < -0.4 is 5.32 Å². The number of piperidine rings is 1. The van der Waals surface area contributed by atoms with E-state index in [9.17, 15) is 9.50 Å². The first-order chi connectivity index (χ1) is 7.20. The molecule has 1 fully saturated rings. The standard InChI is InChI=1S/C12H16FNO/c13-11-5-2-1-4-10(11)8-12(15)6-3-7-14-9-12/h1-2,4-5,14-15H,3,6-9H2. The zero-order valence-electron chi connectivity index (χ0n) is 8.67. The number of nitrogens with one attached hydrogen (secondary N) is 1. The SMILES string of the molecule is OC1(Cc2ccccc2F)CCCNC1. The highest BCUT2D eigenvalue weighted by molar-refractivity contribution is 5.19. The first kappa shape index (κ1) is 10.6. The van der Waals surface area contributed by atoms with Crippen LogP contribution in [0, 0.1) is 5.82 Å². The van der Waals surface area contributed by atoms with Gasteiger partial charge in [0.25, 0.3) is 0 Å². The second-order valence-electron chi connectivity index (χ2n) is 4.27. The van der Waals surface area contributed by atoms with Crippen molar-refractivity contribution < 1.29 is 9.50 Å². The lowest BCUT2D eigenvalue weighted by molar-refractivity contribution is 0.0162. The van der Waals surface area contributed by atoms with Gasteiger partial charge in [-0.05, 0) is 31.0 Å². The van der Waals surface area contributed by atoms with Crippen molar-refractivity contribution in [2.75, 3.05) is 13.1 Å². The molecular weight excluding hydrogens is 193 g/mol. The van der Waals surface area contributed by atoms with Crippen molar-refractivity contribution in [3.8, 4) is 0 Å². The van der Waals surface area contributed by atoms with Crippen LogP contribution in [0.5, 0.6) is 0 Å². The van der Waals surface area contributed by atoms with Gasteiger partial charge in [0, 0.05) is 13.0 Å². The molecular formula is C12H16FNO. The molecule has 1 heterocycles. The molecule has 1 aromatic rings. The molecule has 1 aliphatic rings. The molecule has 82 valence electrons. The number of hydrogen-bond acceptors (Lipinski definition) is 2. The van der Waals surface area contributed by atoms with Crippen LogP contribution in [-0.2, 0) is 6.42 Å². The van der Waals surface area contributed by atoms with Gasteiger partial charge in [-0.1, -0.05) is 18.2 Å². The van der Waals surface area contributed by atoms with Gasteiger partial charge in [-0.2, -0.15) is 0 Å². The lowest BCUT2D eigenvalue weighted by atomic mass is 9.87. The highest BCUT2D eigenvalue weighted by Crippen LogP contribution is 2.22. The molecule has 1 unspecified atom stereocenters. The number of rotatable bonds is 2. The van der Waals surface area contributed by atoms with Gasteiger partial charge in [-0.15, -0.1) is 0 Å². The third-order valence-electron chi connectivity index (χ3n) is 2.93. The summed E-state index contributed by atoms with van der Waals surface area (Å²) in [5.74, 6) is -0.225. The molecule has 0 aliphatic carbocycles. The van der Waals surface area contributed by atoms with E-state index in [1.807, 2.05) is 0 Å². The molecule has 1 aliphatic heterocycles. The van der Waals surface area contributed by atoms with Crippen molar-refractivity contribution in [1.82, 2.24) is 5.32 Å². The van der Waals surface area contributed by atoms with Gasteiger partial charge in [-0.25, -0.2) is 4.39 Å². The molecule has 2 rings (SSSR count). The molecule has 2 N–H and O–H groups in total. The fraction of sp³-hybridized carbons (Fsp3) is 0.500. The van der Waals surface area contributed by atoms with Gasteiger partial charge in [0.2, 0.25) is 0 Å². The van der Waals surface area contributed by atoms with Crippen LogP contribution in [0.2, 0.25) is 0 Å². The van der Waals surface area contributed by atoms with Crippen LogP contribution in [0.4, 0.5) is 4.39 Å². The van der Waals surface area contributed by atoms with E-state index < -0.39 is 5.60 Å². The van der Waals surface area contributed by atoms with Crippen molar-refractivity contribution >= 4 is 0 Å². The summed E-state index contributed by atoms with van der Waals surface area (Å²) in [6, 6.07) is 6.65. The number of hydrogen-bond donors (Lipinski definition) is 2. The van der Waals surface area contributed by atoms with Crippen LogP contribution in [0.15, 0.2) is 24.3 Å². The van der Waals surface area contributed by atoms with Crippen LogP contribution in [0.3, 0.4) is 0 Å². The van der Waals surface area contributed by atoms with E-state index >= 15 is 0 Å². The predicted molar refractivity (Wildman–Crippen MR) is 57.2 cm³/mol. The molecule has 15 heavy (non-hydrogen) atoms. The van der Waals surface area contributed by atoms with Crippen LogP contribution in [0.25, 0.3) is 0 Å². The summed E-state index contributed by atoms with van der Waals surface area (Å²) >= 11 is 0. The Balaban J connectivity index is 2.10. The molecule has 0 aromatic heterocycles. The monoisotopic (exact) mass is 209 g/mol. The van der Waals surface area contributed by atoms with E-state index in [2.05, 4.69) is 5.32 Å². The largest absolute Gasteiger partial charge is 0.388 e. The van der Waals surface area contributed by atoms with Crippen LogP contribution >= 0.6 is 0 Å². The summed E-state index contributed by atoms with van der Waals surface area (Å²) < 4.78 is 13.4. The maximum atomic E-state index is 13.4. The molecule has 0 radical (unpaired) electrons. The van der Waals surface area contributed by atoms with Crippen LogP contribution in [0.1, 0.15) is 18.4 Å². The minimum absolute atomic E-state index is 0.225. The number of aliphatic hydroxyl groups is 1. The molecule has 1 atom stereocenters. The second kappa shape index (κ2) is 4.29. The van der Waals surface area contributed by atoms with Gasteiger partial charge in [0.15, 0.2) is 0 Å². The maximum Gasteiger partial charge on any atom is 0.126 e. The zero-order valence-corrected chi connectivity index (χ0v) is 8.67. The predicted octanol–water partition coefficient (Wildman–Crippen LogP) is 1.48. The van der Waals surface area contributed by atoms with Crippen molar-refractivity contribution in [2.45, 2.75) is 24.9 Å². The second-order valence-corrected chi connectivity index (χ2v) is 4.27. The van der Waals surface area contributed by atoms with E-state index in [1.54, 1.807) is 18.2 Å². The van der Waals surface area contributed by atoms with Gasteiger partial charge < -0.3 is 10.4 Å². The van der Waals surface area contributed by atoms with Crippen molar-refractivity contribution in [3.63, 3.8) is 0 Å². The summed E-state index contributed by atoms with van der Waals surface area (Å²) in [5.41, 5.74) is -0.177. The fourth-order valence-corrected chi connectivity index (χ4v) is 2.10.